The van der Waals surface area contributed by atoms with Gasteiger partial charge in [0.2, 0.25) is 10.0 Å². The molecule has 0 bridgehead atoms. The lowest BCUT2D eigenvalue weighted by atomic mass is 10.1. The van der Waals surface area contributed by atoms with Crippen LogP contribution in [0.4, 0.5) is 5.69 Å². The van der Waals surface area contributed by atoms with Gasteiger partial charge in [0.25, 0.3) is 0 Å². The molecule has 0 saturated carbocycles. The van der Waals surface area contributed by atoms with Crippen molar-refractivity contribution < 1.29 is 8.42 Å². The summed E-state index contributed by atoms with van der Waals surface area (Å²) in [7, 11) is -3.72. The number of nitrogens with two attached hydrogens (primary N) is 1. The van der Waals surface area contributed by atoms with Crippen LogP contribution >= 0.6 is 27.5 Å². The zero-order valence-electron chi connectivity index (χ0n) is 11.2. The van der Waals surface area contributed by atoms with Crippen LogP contribution in [0.15, 0.2) is 45.8 Å². The molecule has 0 heterocycles. The summed E-state index contributed by atoms with van der Waals surface area (Å²) in [5.74, 6) is 0. The predicted molar refractivity (Wildman–Crippen MR) is 89.0 cm³/mol. The van der Waals surface area contributed by atoms with Crippen LogP contribution < -0.4 is 10.5 Å². The number of anilines is 1. The molecule has 0 atom stereocenters. The van der Waals surface area contributed by atoms with Crippen molar-refractivity contribution in [2.24, 2.45) is 5.14 Å². The average molecular weight is 390 g/mol. The van der Waals surface area contributed by atoms with E-state index in [-0.39, 0.29) is 4.90 Å². The highest BCUT2D eigenvalue weighted by Crippen LogP contribution is 2.25. The van der Waals surface area contributed by atoms with E-state index < -0.39 is 10.0 Å². The summed E-state index contributed by atoms with van der Waals surface area (Å²) in [5, 5.41) is 9.02. The molecule has 0 aliphatic heterocycles. The molecule has 0 fully saturated rings. The van der Waals surface area contributed by atoms with Gasteiger partial charge in [0.15, 0.2) is 0 Å². The first-order chi connectivity index (χ1) is 9.79. The molecule has 0 unspecified atom stereocenters. The van der Waals surface area contributed by atoms with Crippen LogP contribution in [0.3, 0.4) is 0 Å². The molecule has 0 amide bonds. The standard InChI is InChI=1S/C14H14BrClN2O2S/c1-9-13(3-2-4-14(9)21(17,19)20)18-8-10-5-6-11(15)12(16)7-10/h2-7,18H,8H2,1H3,(H2,17,19,20). The van der Waals surface area contributed by atoms with Crippen molar-refractivity contribution in [3.05, 3.63) is 57.0 Å². The van der Waals surface area contributed by atoms with E-state index in [0.717, 1.165) is 15.7 Å². The van der Waals surface area contributed by atoms with Gasteiger partial charge < -0.3 is 5.32 Å². The number of benzene rings is 2. The third-order valence-corrected chi connectivity index (χ3v) is 5.35. The fraction of sp³-hybridized carbons (Fsp3) is 0.143. The smallest absolute Gasteiger partial charge is 0.238 e. The summed E-state index contributed by atoms with van der Waals surface area (Å²) in [4.78, 5) is 0.126. The Balaban J connectivity index is 2.23. The van der Waals surface area contributed by atoms with Crippen molar-refractivity contribution in [1.29, 1.82) is 0 Å². The Kier molecular flexibility index (Phi) is 4.93. The predicted octanol–water partition coefficient (Wildman–Crippen LogP) is 3.67. The van der Waals surface area contributed by atoms with E-state index in [1.165, 1.54) is 6.07 Å². The maximum atomic E-state index is 11.5. The van der Waals surface area contributed by atoms with Crippen molar-refractivity contribution in [2.75, 3.05) is 5.32 Å². The minimum absolute atomic E-state index is 0.126. The van der Waals surface area contributed by atoms with Crippen LogP contribution in [-0.4, -0.2) is 8.42 Å². The summed E-state index contributed by atoms with van der Waals surface area (Å²) in [5.41, 5.74) is 2.31. The molecule has 0 aromatic heterocycles. The van der Waals surface area contributed by atoms with Gasteiger partial charge in [0.1, 0.15) is 0 Å². The van der Waals surface area contributed by atoms with Gasteiger partial charge in [-0.2, -0.15) is 0 Å². The maximum Gasteiger partial charge on any atom is 0.238 e. The molecule has 0 spiro atoms. The third-order valence-electron chi connectivity index (χ3n) is 3.06. The lowest BCUT2D eigenvalue weighted by molar-refractivity contribution is 0.597. The second-order valence-electron chi connectivity index (χ2n) is 4.58. The highest BCUT2D eigenvalue weighted by atomic mass is 79.9. The number of primary sulfonamides is 1. The summed E-state index contributed by atoms with van der Waals surface area (Å²) in [6.45, 7) is 2.25. The van der Waals surface area contributed by atoms with Crippen LogP contribution in [-0.2, 0) is 16.6 Å². The SMILES string of the molecule is Cc1c(NCc2ccc(Br)c(Cl)c2)cccc1S(N)(=O)=O. The monoisotopic (exact) mass is 388 g/mol. The van der Waals surface area contributed by atoms with Gasteiger partial charge in [-0.15, -0.1) is 0 Å². The molecule has 0 aliphatic rings. The van der Waals surface area contributed by atoms with E-state index in [1.54, 1.807) is 13.0 Å². The number of sulfonamides is 1. The van der Waals surface area contributed by atoms with Crippen LogP contribution in [0.25, 0.3) is 0 Å². The van der Waals surface area contributed by atoms with Crippen LogP contribution in [0.1, 0.15) is 11.1 Å². The van der Waals surface area contributed by atoms with Crippen LogP contribution in [0, 0.1) is 6.92 Å². The second-order valence-corrected chi connectivity index (χ2v) is 7.37. The topological polar surface area (TPSA) is 72.2 Å². The average Bonchev–Trinajstić information content (AvgIpc) is 2.40. The van der Waals surface area contributed by atoms with Gasteiger partial charge in [-0.25, -0.2) is 13.6 Å². The Labute approximate surface area is 137 Å². The van der Waals surface area contributed by atoms with Gasteiger partial charge in [0.05, 0.1) is 9.92 Å². The molecule has 7 heteroatoms. The van der Waals surface area contributed by atoms with Gasteiger partial charge in [-0.1, -0.05) is 23.7 Å². The molecule has 4 nitrogen and oxygen atoms in total. The summed E-state index contributed by atoms with van der Waals surface area (Å²) in [6, 6.07) is 10.6. The van der Waals surface area contributed by atoms with E-state index in [4.69, 9.17) is 16.7 Å². The maximum absolute atomic E-state index is 11.5. The largest absolute Gasteiger partial charge is 0.381 e. The molecule has 21 heavy (non-hydrogen) atoms. The molecule has 2 aromatic rings. The minimum Gasteiger partial charge on any atom is -0.381 e. The highest BCUT2D eigenvalue weighted by molar-refractivity contribution is 9.10. The lowest BCUT2D eigenvalue weighted by Crippen LogP contribution is -2.14. The normalized spacial score (nSPS) is 11.4. The van der Waals surface area contributed by atoms with E-state index in [9.17, 15) is 8.42 Å². The Morgan fingerprint density at radius 1 is 1.29 bits per heavy atom. The van der Waals surface area contributed by atoms with E-state index in [0.29, 0.717) is 17.1 Å². The van der Waals surface area contributed by atoms with Crippen molar-refractivity contribution in [3.8, 4) is 0 Å². The molecule has 2 rings (SSSR count). The molecular weight excluding hydrogens is 376 g/mol. The molecule has 2 aromatic carbocycles. The third kappa shape index (κ3) is 3.97. The van der Waals surface area contributed by atoms with Gasteiger partial charge in [0, 0.05) is 16.7 Å². The van der Waals surface area contributed by atoms with Crippen molar-refractivity contribution in [2.45, 2.75) is 18.4 Å². The Hall–Kier alpha value is -1.08. The summed E-state index contributed by atoms with van der Waals surface area (Å²) < 4.78 is 23.8. The molecule has 0 radical (unpaired) electrons. The Morgan fingerprint density at radius 2 is 2.00 bits per heavy atom. The van der Waals surface area contributed by atoms with Gasteiger partial charge in [-0.05, 0) is 58.2 Å². The number of rotatable bonds is 4. The number of halogens is 2. The highest BCUT2D eigenvalue weighted by Gasteiger charge is 2.13. The number of nitrogens with one attached hydrogen (secondary N) is 1. The second kappa shape index (κ2) is 6.36. The van der Waals surface area contributed by atoms with E-state index >= 15 is 0 Å². The van der Waals surface area contributed by atoms with Crippen LogP contribution in [0.2, 0.25) is 5.02 Å². The first-order valence-electron chi connectivity index (χ1n) is 6.09. The molecular formula is C14H14BrClN2O2S. The minimum atomic E-state index is -3.72. The molecule has 3 N–H and O–H groups in total. The molecule has 112 valence electrons. The van der Waals surface area contributed by atoms with E-state index in [1.807, 2.05) is 24.3 Å². The lowest BCUT2D eigenvalue weighted by Gasteiger charge is -2.12. The summed E-state index contributed by atoms with van der Waals surface area (Å²) >= 11 is 9.38. The van der Waals surface area contributed by atoms with Crippen LogP contribution in [0.5, 0.6) is 0 Å². The zero-order valence-corrected chi connectivity index (χ0v) is 14.4. The van der Waals surface area contributed by atoms with Gasteiger partial charge in [-0.3, -0.25) is 0 Å². The zero-order chi connectivity index (χ0) is 15.6. The van der Waals surface area contributed by atoms with Crippen molar-refractivity contribution in [1.82, 2.24) is 0 Å². The fourth-order valence-electron chi connectivity index (χ4n) is 1.96. The Morgan fingerprint density at radius 3 is 2.62 bits per heavy atom. The number of hydrogen-bond acceptors (Lipinski definition) is 3. The fourth-order valence-corrected chi connectivity index (χ4v) is 3.22. The number of hydrogen-bond donors (Lipinski definition) is 2. The first-order valence-corrected chi connectivity index (χ1v) is 8.81. The Bertz CT molecular complexity index is 779. The van der Waals surface area contributed by atoms with Crippen molar-refractivity contribution in [3.63, 3.8) is 0 Å². The van der Waals surface area contributed by atoms with Gasteiger partial charge >= 0.3 is 0 Å². The quantitative estimate of drug-likeness (QED) is 0.838. The summed E-state index contributed by atoms with van der Waals surface area (Å²) in [6.07, 6.45) is 0. The molecule has 0 aliphatic carbocycles. The first kappa shape index (κ1) is 16.3. The molecule has 0 saturated heterocycles. The van der Waals surface area contributed by atoms with Crippen molar-refractivity contribution >= 4 is 43.2 Å². The van der Waals surface area contributed by atoms with E-state index in [2.05, 4.69) is 21.2 Å².